The van der Waals surface area contributed by atoms with Crippen molar-refractivity contribution in [3.05, 3.63) is 54.1 Å². The number of hydrogen-bond acceptors (Lipinski definition) is 5. The average molecular weight is 412 g/mol. The smallest absolute Gasteiger partial charge is 0.262 e. The lowest BCUT2D eigenvalue weighted by Gasteiger charge is -2.26. The highest BCUT2D eigenvalue weighted by Crippen LogP contribution is 2.20. The first kappa shape index (κ1) is 20.2. The summed E-state index contributed by atoms with van der Waals surface area (Å²) in [6.45, 7) is 0.922. The lowest BCUT2D eigenvalue weighted by molar-refractivity contribution is -0.118. The van der Waals surface area contributed by atoms with E-state index in [1.165, 1.54) is 34.6 Å². The molecule has 3 rings (SSSR count). The molecular formula is C18H18F2N2O5S. The largest absolute Gasteiger partial charge is 0.484 e. The van der Waals surface area contributed by atoms with Crippen molar-refractivity contribution >= 4 is 21.6 Å². The second-order valence-corrected chi connectivity index (χ2v) is 7.89. The second kappa shape index (κ2) is 8.63. The van der Waals surface area contributed by atoms with Crippen molar-refractivity contribution in [2.45, 2.75) is 4.90 Å². The van der Waals surface area contributed by atoms with Gasteiger partial charge in [0.05, 0.1) is 18.1 Å². The summed E-state index contributed by atoms with van der Waals surface area (Å²) in [4.78, 5) is 12.0. The molecule has 1 heterocycles. The molecule has 2 aromatic carbocycles. The number of morpholine rings is 1. The first-order valence-electron chi connectivity index (χ1n) is 8.42. The molecule has 0 spiro atoms. The predicted molar refractivity (Wildman–Crippen MR) is 96.5 cm³/mol. The number of sulfonamides is 1. The third-order valence-electron chi connectivity index (χ3n) is 4.00. The molecule has 1 saturated heterocycles. The molecule has 0 atom stereocenters. The summed E-state index contributed by atoms with van der Waals surface area (Å²) in [6, 6.07) is 8.66. The molecule has 2 aromatic rings. The number of carbonyl (C=O) groups excluding carboxylic acids is 1. The van der Waals surface area contributed by atoms with E-state index >= 15 is 0 Å². The van der Waals surface area contributed by atoms with Gasteiger partial charge in [0.15, 0.2) is 18.2 Å². The number of anilines is 1. The number of carbonyl (C=O) groups is 1. The predicted octanol–water partition coefficient (Wildman–Crippen LogP) is 2.00. The van der Waals surface area contributed by atoms with Crippen molar-refractivity contribution in [1.29, 1.82) is 0 Å². The van der Waals surface area contributed by atoms with Gasteiger partial charge in [0.25, 0.3) is 5.91 Å². The maximum absolute atomic E-state index is 13.1. The molecule has 0 bridgehead atoms. The molecule has 1 fully saturated rings. The highest BCUT2D eigenvalue weighted by Gasteiger charge is 2.26. The van der Waals surface area contributed by atoms with Crippen LogP contribution in [0, 0.1) is 11.6 Å². The van der Waals surface area contributed by atoms with Gasteiger partial charge in [-0.15, -0.1) is 0 Å². The topological polar surface area (TPSA) is 84.9 Å². The van der Waals surface area contributed by atoms with Gasteiger partial charge in [-0.3, -0.25) is 4.79 Å². The van der Waals surface area contributed by atoms with Crippen LogP contribution in [0.2, 0.25) is 0 Å². The molecule has 150 valence electrons. The van der Waals surface area contributed by atoms with Crippen molar-refractivity contribution < 1.29 is 31.5 Å². The number of benzene rings is 2. The van der Waals surface area contributed by atoms with Crippen LogP contribution in [0.15, 0.2) is 47.4 Å². The van der Waals surface area contributed by atoms with Crippen LogP contribution in [0.4, 0.5) is 14.5 Å². The molecule has 28 heavy (non-hydrogen) atoms. The molecule has 1 aliphatic rings. The Morgan fingerprint density at radius 2 is 1.75 bits per heavy atom. The van der Waals surface area contributed by atoms with Gasteiger partial charge in [-0.05, 0) is 36.4 Å². The summed E-state index contributed by atoms with van der Waals surface area (Å²) in [5.74, 6) is -2.37. The fraction of sp³-hybridized carbons (Fsp3) is 0.278. The molecular weight excluding hydrogens is 394 g/mol. The Balaban J connectivity index is 1.56. The standard InChI is InChI=1S/C18H18F2N2O5S/c19-16-6-1-13(11-17(16)20)21-18(23)12-27-14-2-4-15(5-3-14)28(24,25)22-7-9-26-10-8-22/h1-6,11H,7-10,12H2,(H,21,23). The van der Waals surface area contributed by atoms with Crippen molar-refractivity contribution in [3.8, 4) is 5.75 Å². The molecule has 0 radical (unpaired) electrons. The highest BCUT2D eigenvalue weighted by atomic mass is 32.2. The summed E-state index contributed by atoms with van der Waals surface area (Å²) in [5.41, 5.74) is 0.0967. The van der Waals surface area contributed by atoms with Crippen LogP contribution in [0.5, 0.6) is 5.75 Å². The van der Waals surface area contributed by atoms with E-state index in [1.807, 2.05) is 0 Å². The Labute approximate surface area is 160 Å². The van der Waals surface area contributed by atoms with Crippen LogP contribution in [0.25, 0.3) is 0 Å². The number of hydrogen-bond donors (Lipinski definition) is 1. The van der Waals surface area contributed by atoms with Crippen LogP contribution in [-0.2, 0) is 19.6 Å². The van der Waals surface area contributed by atoms with Crippen molar-refractivity contribution in [2.75, 3.05) is 38.2 Å². The fourth-order valence-electron chi connectivity index (χ4n) is 2.56. The minimum Gasteiger partial charge on any atom is -0.484 e. The van der Waals surface area contributed by atoms with Gasteiger partial charge in [-0.25, -0.2) is 17.2 Å². The van der Waals surface area contributed by atoms with Crippen molar-refractivity contribution in [3.63, 3.8) is 0 Å². The molecule has 10 heteroatoms. The van der Waals surface area contributed by atoms with Crippen LogP contribution in [-0.4, -0.2) is 51.5 Å². The fourth-order valence-corrected chi connectivity index (χ4v) is 3.97. The van der Waals surface area contributed by atoms with Crippen LogP contribution >= 0.6 is 0 Å². The van der Waals surface area contributed by atoms with Gasteiger partial charge in [0, 0.05) is 24.8 Å². The number of ether oxygens (including phenoxy) is 2. The number of rotatable bonds is 6. The van der Waals surface area contributed by atoms with Gasteiger partial charge in [-0.1, -0.05) is 0 Å². The average Bonchev–Trinajstić information content (AvgIpc) is 2.70. The van der Waals surface area contributed by atoms with E-state index in [-0.39, 0.29) is 17.2 Å². The summed E-state index contributed by atoms with van der Waals surface area (Å²) in [7, 11) is -3.61. The van der Waals surface area contributed by atoms with Gasteiger partial charge in [0.1, 0.15) is 5.75 Å². The zero-order valence-electron chi connectivity index (χ0n) is 14.7. The Morgan fingerprint density at radius 3 is 2.39 bits per heavy atom. The first-order chi connectivity index (χ1) is 13.4. The van der Waals surface area contributed by atoms with Crippen molar-refractivity contribution in [1.82, 2.24) is 4.31 Å². The van der Waals surface area contributed by atoms with E-state index < -0.39 is 27.6 Å². The lowest BCUT2D eigenvalue weighted by Crippen LogP contribution is -2.40. The lowest BCUT2D eigenvalue weighted by atomic mass is 10.3. The number of nitrogens with one attached hydrogen (secondary N) is 1. The minimum atomic E-state index is -3.61. The quantitative estimate of drug-likeness (QED) is 0.785. The molecule has 1 amide bonds. The summed E-state index contributed by atoms with van der Waals surface area (Å²) in [5, 5.41) is 2.37. The van der Waals surface area contributed by atoms with Gasteiger partial charge < -0.3 is 14.8 Å². The van der Waals surface area contributed by atoms with E-state index in [4.69, 9.17) is 9.47 Å². The van der Waals surface area contributed by atoms with Crippen LogP contribution in [0.1, 0.15) is 0 Å². The Morgan fingerprint density at radius 1 is 1.07 bits per heavy atom. The maximum Gasteiger partial charge on any atom is 0.262 e. The first-order valence-corrected chi connectivity index (χ1v) is 9.86. The Bertz CT molecular complexity index is 945. The van der Waals surface area contributed by atoms with E-state index in [9.17, 15) is 22.0 Å². The van der Waals surface area contributed by atoms with Gasteiger partial charge in [-0.2, -0.15) is 4.31 Å². The van der Waals surface area contributed by atoms with Crippen molar-refractivity contribution in [2.24, 2.45) is 0 Å². The number of amides is 1. The summed E-state index contributed by atoms with van der Waals surface area (Å²) in [6.07, 6.45) is 0. The highest BCUT2D eigenvalue weighted by molar-refractivity contribution is 7.89. The third kappa shape index (κ3) is 4.83. The summed E-state index contributed by atoms with van der Waals surface area (Å²) >= 11 is 0. The third-order valence-corrected chi connectivity index (χ3v) is 5.92. The number of nitrogens with zero attached hydrogens (tertiary/aromatic N) is 1. The van der Waals surface area contributed by atoms with Crippen LogP contribution < -0.4 is 10.1 Å². The molecule has 1 N–H and O–H groups in total. The summed E-state index contributed by atoms with van der Waals surface area (Å²) < 4.78 is 62.9. The van der Waals surface area contributed by atoms with E-state index in [0.717, 1.165) is 12.1 Å². The van der Waals surface area contributed by atoms with Gasteiger partial charge in [0.2, 0.25) is 10.0 Å². The molecule has 7 nitrogen and oxygen atoms in total. The molecule has 0 unspecified atom stereocenters. The molecule has 0 aliphatic carbocycles. The minimum absolute atomic E-state index is 0.0967. The molecule has 0 aromatic heterocycles. The van der Waals surface area contributed by atoms with E-state index in [1.54, 1.807) is 0 Å². The zero-order valence-corrected chi connectivity index (χ0v) is 15.5. The Hall–Kier alpha value is -2.56. The zero-order chi connectivity index (χ0) is 20.1. The normalized spacial score (nSPS) is 15.2. The molecule has 1 aliphatic heterocycles. The second-order valence-electron chi connectivity index (χ2n) is 5.95. The van der Waals surface area contributed by atoms with Crippen LogP contribution in [0.3, 0.4) is 0 Å². The Kier molecular flexibility index (Phi) is 6.22. The van der Waals surface area contributed by atoms with Gasteiger partial charge >= 0.3 is 0 Å². The SMILES string of the molecule is O=C(COc1ccc(S(=O)(=O)N2CCOCC2)cc1)Nc1ccc(F)c(F)c1. The van der Waals surface area contributed by atoms with E-state index in [2.05, 4.69) is 5.32 Å². The maximum atomic E-state index is 13.1. The van der Waals surface area contributed by atoms with E-state index in [0.29, 0.717) is 32.1 Å². The monoisotopic (exact) mass is 412 g/mol. The number of halogens is 2. The molecule has 0 saturated carbocycles.